The molecule has 1 aliphatic rings. The molecule has 1 amide bonds. The molecule has 3 aromatic rings. The normalized spacial score (nSPS) is 18.6. The van der Waals surface area contributed by atoms with Crippen molar-refractivity contribution in [1.29, 1.82) is 0 Å². The van der Waals surface area contributed by atoms with Crippen molar-refractivity contribution in [2.75, 3.05) is 25.6 Å². The van der Waals surface area contributed by atoms with E-state index in [0.29, 0.717) is 34.0 Å². The number of carbonyl (C=O) groups is 2. The summed E-state index contributed by atoms with van der Waals surface area (Å²) in [4.78, 5) is 35.8. The minimum atomic E-state index is -1.53. The van der Waals surface area contributed by atoms with Gasteiger partial charge in [0.05, 0.1) is 13.7 Å². The predicted molar refractivity (Wildman–Crippen MR) is 125 cm³/mol. The van der Waals surface area contributed by atoms with Crippen molar-refractivity contribution in [3.05, 3.63) is 77.1 Å². The summed E-state index contributed by atoms with van der Waals surface area (Å²) < 4.78 is 11.5. The first-order valence-corrected chi connectivity index (χ1v) is 10.7. The quantitative estimate of drug-likeness (QED) is 0.574. The van der Waals surface area contributed by atoms with Gasteiger partial charge < -0.3 is 19.5 Å². The van der Waals surface area contributed by atoms with Crippen molar-refractivity contribution in [1.82, 2.24) is 15.3 Å². The molecule has 1 aliphatic heterocycles. The number of fused-ring (bicyclic) bond motifs is 1. The van der Waals surface area contributed by atoms with Gasteiger partial charge in [0.15, 0.2) is 0 Å². The van der Waals surface area contributed by atoms with Crippen LogP contribution in [0.5, 0.6) is 11.8 Å². The molecule has 9 heteroatoms. The molecule has 2 N–H and O–H groups in total. The number of carboxylic acids is 1. The van der Waals surface area contributed by atoms with Gasteiger partial charge in [0.25, 0.3) is 0 Å². The Balaban J connectivity index is 2.01. The molecule has 2 atom stereocenters. The van der Waals surface area contributed by atoms with E-state index >= 15 is 0 Å². The Hall–Kier alpha value is -3.98. The zero-order valence-electron chi connectivity index (χ0n) is 19.4. The number of anilines is 1. The number of nitrogens with one attached hydrogen (secondary N) is 1. The number of aromatic nitrogens is 2. The van der Waals surface area contributed by atoms with Crippen LogP contribution in [-0.4, -0.2) is 53.8 Å². The molecule has 4 rings (SSSR count). The van der Waals surface area contributed by atoms with E-state index in [1.165, 1.54) is 12.0 Å². The van der Waals surface area contributed by atoms with E-state index in [2.05, 4.69) is 15.3 Å². The maximum atomic E-state index is 12.9. The number of hydrogen-bond donors (Lipinski definition) is 2. The van der Waals surface area contributed by atoms with Gasteiger partial charge in [-0.3, -0.25) is 10.1 Å². The van der Waals surface area contributed by atoms with Crippen LogP contribution in [0.25, 0.3) is 0 Å². The van der Waals surface area contributed by atoms with Gasteiger partial charge in [-0.05, 0) is 43.7 Å². The fourth-order valence-corrected chi connectivity index (χ4v) is 4.35. The zero-order valence-corrected chi connectivity index (χ0v) is 19.4. The molecule has 0 spiro atoms. The number of aliphatic carboxylic acids is 1. The molecule has 1 aromatic heterocycles. The van der Waals surface area contributed by atoms with Gasteiger partial charge in [-0.1, -0.05) is 30.3 Å². The molecule has 34 heavy (non-hydrogen) atoms. The summed E-state index contributed by atoms with van der Waals surface area (Å²) in [6, 6.07) is 15.9. The van der Waals surface area contributed by atoms with Gasteiger partial charge in [0, 0.05) is 29.7 Å². The summed E-state index contributed by atoms with van der Waals surface area (Å²) in [5.41, 5.74) is 1.50. The minimum Gasteiger partial charge on any atom is -0.497 e. The summed E-state index contributed by atoms with van der Waals surface area (Å²) in [5.74, 6) is -0.930. The third-order valence-corrected chi connectivity index (χ3v) is 5.91. The van der Waals surface area contributed by atoms with Crippen molar-refractivity contribution >= 4 is 17.6 Å². The lowest BCUT2D eigenvalue weighted by atomic mass is 9.77. The number of rotatable bonds is 6. The smallest absolute Gasteiger partial charge is 0.347 e. The summed E-state index contributed by atoms with van der Waals surface area (Å²) in [6.07, 6.45) is -1.53. The van der Waals surface area contributed by atoms with Crippen LogP contribution < -0.4 is 19.7 Å². The standard InChI is InChI=1S/C25H26N4O5/c1-15-12-16(2)28-24(27-15)34-22(23(31)32)25(17-8-7-9-18(13-17)33-4)19-10-5-6-11-20(19)29(3)21(30)14-26-25/h5-13,22,26H,14H2,1-4H3,(H,31,32). The molecule has 0 radical (unpaired) electrons. The number of nitrogens with zero attached hydrogens (tertiary/aromatic N) is 3. The van der Waals surface area contributed by atoms with E-state index < -0.39 is 17.6 Å². The minimum absolute atomic E-state index is 0.0598. The van der Waals surface area contributed by atoms with Crippen LogP contribution in [0.15, 0.2) is 54.6 Å². The van der Waals surface area contributed by atoms with E-state index in [1.54, 1.807) is 75.5 Å². The van der Waals surface area contributed by atoms with Crippen LogP contribution >= 0.6 is 0 Å². The highest BCUT2D eigenvalue weighted by atomic mass is 16.5. The average Bonchev–Trinajstić information content (AvgIpc) is 2.92. The van der Waals surface area contributed by atoms with Crippen LogP contribution in [0.1, 0.15) is 22.5 Å². The highest BCUT2D eigenvalue weighted by Crippen LogP contribution is 2.42. The maximum absolute atomic E-state index is 12.9. The second-order valence-electron chi connectivity index (χ2n) is 8.13. The Bertz CT molecular complexity index is 1230. The number of para-hydroxylation sites is 1. The summed E-state index contributed by atoms with van der Waals surface area (Å²) in [7, 11) is 3.19. The second-order valence-corrected chi connectivity index (χ2v) is 8.13. The van der Waals surface area contributed by atoms with Crippen LogP contribution in [0, 0.1) is 13.8 Å². The third kappa shape index (κ3) is 4.06. The van der Waals surface area contributed by atoms with E-state index in [-0.39, 0.29) is 18.5 Å². The average molecular weight is 463 g/mol. The fourth-order valence-electron chi connectivity index (χ4n) is 4.35. The third-order valence-electron chi connectivity index (χ3n) is 5.91. The van der Waals surface area contributed by atoms with E-state index in [0.717, 1.165) is 0 Å². The lowest BCUT2D eigenvalue weighted by molar-refractivity contribution is -0.149. The fraction of sp³-hybridized carbons (Fsp3) is 0.280. The molecule has 2 aromatic carbocycles. The number of aryl methyl sites for hydroxylation is 2. The van der Waals surface area contributed by atoms with Crippen molar-refractivity contribution in [2.45, 2.75) is 25.5 Å². The summed E-state index contributed by atoms with van der Waals surface area (Å²) in [5, 5.41) is 13.7. The molecular formula is C25H26N4O5. The van der Waals surface area contributed by atoms with Crippen LogP contribution in [-0.2, 0) is 15.1 Å². The van der Waals surface area contributed by atoms with Crippen molar-refractivity contribution in [2.24, 2.45) is 0 Å². The summed E-state index contributed by atoms with van der Waals surface area (Å²) in [6.45, 7) is 3.44. The van der Waals surface area contributed by atoms with E-state index in [1.807, 2.05) is 0 Å². The molecule has 0 bridgehead atoms. The number of benzene rings is 2. The first-order chi connectivity index (χ1) is 16.3. The van der Waals surface area contributed by atoms with E-state index in [9.17, 15) is 14.7 Å². The number of carboxylic acid groups (broad SMARTS) is 1. The van der Waals surface area contributed by atoms with Gasteiger partial charge in [-0.2, -0.15) is 0 Å². The summed E-state index contributed by atoms with van der Waals surface area (Å²) >= 11 is 0. The molecule has 0 saturated heterocycles. The zero-order chi connectivity index (χ0) is 24.5. The molecule has 0 fully saturated rings. The van der Waals surface area contributed by atoms with Gasteiger partial charge in [-0.15, -0.1) is 0 Å². The van der Waals surface area contributed by atoms with Gasteiger partial charge in [-0.25, -0.2) is 14.8 Å². The molecule has 9 nitrogen and oxygen atoms in total. The molecule has 2 unspecified atom stereocenters. The van der Waals surface area contributed by atoms with Crippen LogP contribution in [0.4, 0.5) is 5.69 Å². The highest BCUT2D eigenvalue weighted by Gasteiger charge is 2.52. The van der Waals surface area contributed by atoms with Crippen molar-refractivity contribution in [3.63, 3.8) is 0 Å². The Labute approximate surface area is 197 Å². The lowest BCUT2D eigenvalue weighted by Crippen LogP contribution is -2.58. The first kappa shape index (κ1) is 23.2. The Morgan fingerprint density at radius 1 is 1.12 bits per heavy atom. The van der Waals surface area contributed by atoms with Crippen LogP contribution in [0.3, 0.4) is 0 Å². The van der Waals surface area contributed by atoms with Gasteiger partial charge >= 0.3 is 12.0 Å². The maximum Gasteiger partial charge on any atom is 0.347 e. The van der Waals surface area contributed by atoms with Gasteiger partial charge in [0.2, 0.25) is 12.0 Å². The SMILES string of the molecule is COc1cccc(C2(C(Oc3nc(C)cc(C)n3)C(=O)O)NCC(=O)N(C)c3ccccc32)c1. The number of likely N-dealkylation sites (N-methyl/N-ethyl adjacent to an activating group) is 1. The molecule has 0 aliphatic carbocycles. The number of carbonyl (C=O) groups excluding carboxylic acids is 1. The van der Waals surface area contributed by atoms with Gasteiger partial charge in [0.1, 0.15) is 11.3 Å². The Morgan fingerprint density at radius 2 is 1.82 bits per heavy atom. The number of hydrogen-bond acceptors (Lipinski definition) is 7. The Kier molecular flexibility index (Phi) is 6.21. The van der Waals surface area contributed by atoms with Crippen LogP contribution in [0.2, 0.25) is 0 Å². The predicted octanol–water partition coefficient (Wildman–Crippen LogP) is 2.44. The lowest BCUT2D eigenvalue weighted by Gasteiger charge is -2.39. The Morgan fingerprint density at radius 3 is 2.50 bits per heavy atom. The topological polar surface area (TPSA) is 114 Å². The largest absolute Gasteiger partial charge is 0.497 e. The van der Waals surface area contributed by atoms with Crippen molar-refractivity contribution < 1.29 is 24.2 Å². The molecule has 0 saturated carbocycles. The van der Waals surface area contributed by atoms with E-state index in [4.69, 9.17) is 9.47 Å². The van der Waals surface area contributed by atoms with Crippen molar-refractivity contribution in [3.8, 4) is 11.8 Å². The number of amides is 1. The number of methoxy groups -OCH3 is 1. The highest BCUT2D eigenvalue weighted by molar-refractivity contribution is 5.97. The monoisotopic (exact) mass is 462 g/mol. The molecular weight excluding hydrogens is 436 g/mol. The number of ether oxygens (including phenoxy) is 2. The molecule has 176 valence electrons. The second kappa shape index (κ2) is 9.11. The molecule has 2 heterocycles. The first-order valence-electron chi connectivity index (χ1n) is 10.7.